The molecule has 1 fully saturated rings. The number of sulfone groups is 1. The number of rotatable bonds is 3. The molecule has 3 rings (SSSR count). The van der Waals surface area contributed by atoms with Crippen molar-refractivity contribution in [3.63, 3.8) is 0 Å². The highest BCUT2D eigenvalue weighted by Crippen LogP contribution is 2.34. The number of nitrogens with zero attached hydrogens (tertiary/aromatic N) is 1. The van der Waals surface area contributed by atoms with Crippen LogP contribution in [0.4, 0.5) is 5.88 Å². The van der Waals surface area contributed by atoms with E-state index in [9.17, 15) is 8.42 Å². The van der Waals surface area contributed by atoms with Crippen LogP contribution in [0.15, 0.2) is 39.8 Å². The van der Waals surface area contributed by atoms with Crippen LogP contribution in [0.3, 0.4) is 0 Å². The maximum absolute atomic E-state index is 12.0. The molecule has 1 saturated carbocycles. The maximum Gasteiger partial charge on any atom is 0.222 e. The zero-order valence-electron chi connectivity index (χ0n) is 9.54. The van der Waals surface area contributed by atoms with E-state index in [2.05, 4.69) is 5.16 Å². The Labute approximate surface area is 105 Å². The fourth-order valence-electron chi connectivity index (χ4n) is 1.81. The van der Waals surface area contributed by atoms with E-state index in [1.54, 1.807) is 30.3 Å². The van der Waals surface area contributed by atoms with Crippen molar-refractivity contribution in [2.45, 2.75) is 23.0 Å². The first kappa shape index (κ1) is 11.3. The van der Waals surface area contributed by atoms with Crippen molar-refractivity contribution in [2.75, 3.05) is 5.73 Å². The average molecular weight is 264 g/mol. The zero-order valence-corrected chi connectivity index (χ0v) is 10.4. The predicted octanol–water partition coefficient (Wildman–Crippen LogP) is 1.86. The van der Waals surface area contributed by atoms with Gasteiger partial charge in [0.15, 0.2) is 9.84 Å². The number of hydrogen-bond acceptors (Lipinski definition) is 5. The molecule has 1 aromatic carbocycles. The quantitative estimate of drug-likeness (QED) is 0.914. The van der Waals surface area contributed by atoms with Crippen LogP contribution in [0.25, 0.3) is 11.3 Å². The summed E-state index contributed by atoms with van der Waals surface area (Å²) in [6, 6.07) is 8.24. The second-order valence-corrected chi connectivity index (χ2v) is 6.61. The first-order valence-electron chi connectivity index (χ1n) is 5.64. The van der Waals surface area contributed by atoms with Crippen LogP contribution in [-0.2, 0) is 9.84 Å². The Kier molecular flexibility index (Phi) is 2.41. The van der Waals surface area contributed by atoms with Crippen LogP contribution in [0.5, 0.6) is 0 Å². The number of aromatic nitrogens is 1. The van der Waals surface area contributed by atoms with Crippen molar-refractivity contribution < 1.29 is 12.9 Å². The molecular formula is C12H12N2O3S. The molecule has 0 aliphatic heterocycles. The first-order valence-corrected chi connectivity index (χ1v) is 7.18. The van der Waals surface area contributed by atoms with Crippen molar-refractivity contribution in [2.24, 2.45) is 0 Å². The molecule has 1 heterocycles. The Morgan fingerprint density at radius 3 is 2.39 bits per heavy atom. The molecule has 94 valence electrons. The Bertz CT molecular complexity index is 670. The highest BCUT2D eigenvalue weighted by atomic mass is 32.2. The lowest BCUT2D eigenvalue weighted by Gasteiger charge is -2.02. The molecule has 1 aliphatic rings. The Balaban J connectivity index is 1.94. The summed E-state index contributed by atoms with van der Waals surface area (Å²) >= 11 is 0. The number of nitrogen functional groups attached to an aromatic ring is 1. The van der Waals surface area contributed by atoms with Gasteiger partial charge in [-0.2, -0.15) is 0 Å². The highest BCUT2D eigenvalue weighted by molar-refractivity contribution is 7.92. The van der Waals surface area contributed by atoms with E-state index in [0.717, 1.165) is 18.4 Å². The molecule has 2 aromatic rings. The van der Waals surface area contributed by atoms with Crippen molar-refractivity contribution in [1.29, 1.82) is 0 Å². The molecule has 0 amide bonds. The van der Waals surface area contributed by atoms with Crippen LogP contribution < -0.4 is 5.73 Å². The molecule has 2 N–H and O–H groups in total. The Hall–Kier alpha value is -1.82. The van der Waals surface area contributed by atoms with E-state index in [1.165, 1.54) is 0 Å². The van der Waals surface area contributed by atoms with Gasteiger partial charge in [-0.1, -0.05) is 17.3 Å². The average Bonchev–Trinajstić information content (AvgIpc) is 3.13. The largest absolute Gasteiger partial charge is 0.368 e. The smallest absolute Gasteiger partial charge is 0.222 e. The second kappa shape index (κ2) is 3.84. The predicted molar refractivity (Wildman–Crippen MR) is 66.6 cm³/mol. The first-order chi connectivity index (χ1) is 8.57. The second-order valence-electron chi connectivity index (χ2n) is 4.38. The van der Waals surface area contributed by atoms with Gasteiger partial charge >= 0.3 is 0 Å². The molecule has 5 nitrogen and oxygen atoms in total. The van der Waals surface area contributed by atoms with Gasteiger partial charge in [0, 0.05) is 11.6 Å². The van der Waals surface area contributed by atoms with E-state index in [1.807, 2.05) is 0 Å². The SMILES string of the molecule is Nc1cc(-c2ccc(S(=O)(=O)C3CC3)cc2)no1. The van der Waals surface area contributed by atoms with Crippen LogP contribution in [-0.4, -0.2) is 18.8 Å². The van der Waals surface area contributed by atoms with Crippen molar-refractivity contribution >= 4 is 15.7 Å². The third-order valence-corrected chi connectivity index (χ3v) is 5.25. The van der Waals surface area contributed by atoms with Crippen LogP contribution >= 0.6 is 0 Å². The molecule has 1 aromatic heterocycles. The lowest BCUT2D eigenvalue weighted by atomic mass is 10.1. The van der Waals surface area contributed by atoms with Gasteiger partial charge in [0.05, 0.1) is 10.1 Å². The summed E-state index contributed by atoms with van der Waals surface area (Å²) in [6.45, 7) is 0. The van der Waals surface area contributed by atoms with Gasteiger partial charge in [0.25, 0.3) is 0 Å². The van der Waals surface area contributed by atoms with E-state index < -0.39 is 9.84 Å². The molecule has 0 bridgehead atoms. The molecule has 0 radical (unpaired) electrons. The third-order valence-electron chi connectivity index (χ3n) is 2.97. The van der Waals surface area contributed by atoms with Crippen LogP contribution in [0.2, 0.25) is 0 Å². The summed E-state index contributed by atoms with van der Waals surface area (Å²) < 4.78 is 28.8. The summed E-state index contributed by atoms with van der Waals surface area (Å²) in [5, 5.41) is 3.59. The van der Waals surface area contributed by atoms with Crippen LogP contribution in [0, 0.1) is 0 Å². The van der Waals surface area contributed by atoms with Crippen molar-refractivity contribution in [1.82, 2.24) is 5.16 Å². The molecule has 0 unspecified atom stereocenters. The van der Waals surface area contributed by atoms with Gasteiger partial charge in [-0.3, -0.25) is 0 Å². The van der Waals surface area contributed by atoms with E-state index >= 15 is 0 Å². The normalized spacial score (nSPS) is 15.8. The molecule has 0 spiro atoms. The van der Waals surface area contributed by atoms with Crippen LogP contribution in [0.1, 0.15) is 12.8 Å². The minimum absolute atomic E-state index is 0.189. The number of benzene rings is 1. The summed E-state index contributed by atoms with van der Waals surface area (Å²) in [6.07, 6.45) is 1.54. The van der Waals surface area contributed by atoms with Gasteiger partial charge in [0.1, 0.15) is 5.69 Å². The van der Waals surface area contributed by atoms with Gasteiger partial charge in [0.2, 0.25) is 5.88 Å². The highest BCUT2D eigenvalue weighted by Gasteiger charge is 2.36. The zero-order chi connectivity index (χ0) is 12.8. The summed E-state index contributed by atoms with van der Waals surface area (Å²) in [4.78, 5) is 0.366. The molecular weight excluding hydrogens is 252 g/mol. The summed E-state index contributed by atoms with van der Waals surface area (Å²) in [7, 11) is -3.13. The monoisotopic (exact) mass is 264 g/mol. The van der Waals surface area contributed by atoms with E-state index in [4.69, 9.17) is 10.3 Å². The van der Waals surface area contributed by atoms with E-state index in [-0.39, 0.29) is 11.1 Å². The summed E-state index contributed by atoms with van der Waals surface area (Å²) in [5.41, 5.74) is 6.82. The van der Waals surface area contributed by atoms with Gasteiger partial charge in [-0.05, 0) is 25.0 Å². The maximum atomic E-state index is 12.0. The molecule has 0 saturated heterocycles. The fourth-order valence-corrected chi connectivity index (χ4v) is 3.47. The van der Waals surface area contributed by atoms with Crippen molar-refractivity contribution in [3.8, 4) is 11.3 Å². The fraction of sp³-hybridized carbons (Fsp3) is 0.250. The minimum Gasteiger partial charge on any atom is -0.368 e. The lowest BCUT2D eigenvalue weighted by molar-refractivity contribution is 0.439. The summed E-state index contributed by atoms with van der Waals surface area (Å²) in [5.74, 6) is 0.236. The third kappa shape index (κ3) is 1.88. The molecule has 0 atom stereocenters. The topological polar surface area (TPSA) is 86.2 Å². The van der Waals surface area contributed by atoms with Gasteiger partial charge in [-0.25, -0.2) is 8.42 Å². The van der Waals surface area contributed by atoms with E-state index in [0.29, 0.717) is 10.6 Å². The molecule has 6 heteroatoms. The standard InChI is InChI=1S/C12H12N2O3S/c13-12-7-11(14-17-12)8-1-3-9(4-2-8)18(15,16)10-5-6-10/h1-4,7,10H,5-6,13H2. The number of nitrogens with two attached hydrogens (primary N) is 1. The minimum atomic E-state index is -3.13. The molecule has 1 aliphatic carbocycles. The lowest BCUT2D eigenvalue weighted by Crippen LogP contribution is -2.06. The number of hydrogen-bond donors (Lipinski definition) is 1. The Morgan fingerprint density at radius 1 is 1.22 bits per heavy atom. The van der Waals surface area contributed by atoms with Gasteiger partial charge < -0.3 is 10.3 Å². The van der Waals surface area contributed by atoms with Gasteiger partial charge in [-0.15, -0.1) is 0 Å². The Morgan fingerprint density at radius 2 is 1.89 bits per heavy atom. The number of anilines is 1. The molecule has 18 heavy (non-hydrogen) atoms. The van der Waals surface area contributed by atoms with Crippen molar-refractivity contribution in [3.05, 3.63) is 30.3 Å².